The number of hydrogen-bond donors (Lipinski definition) is 1. The summed E-state index contributed by atoms with van der Waals surface area (Å²) in [6, 6.07) is 0.723. The van der Waals surface area contributed by atoms with Crippen molar-refractivity contribution in [3.05, 3.63) is 18.2 Å². The zero-order valence-electron chi connectivity index (χ0n) is 12.3. The van der Waals surface area contributed by atoms with E-state index in [1.165, 1.54) is 25.9 Å². The van der Waals surface area contributed by atoms with E-state index in [0.717, 1.165) is 31.4 Å². The molecule has 2 heterocycles. The van der Waals surface area contributed by atoms with Crippen LogP contribution in [-0.2, 0) is 13.1 Å². The van der Waals surface area contributed by atoms with Gasteiger partial charge in [-0.1, -0.05) is 6.92 Å². The Hall–Kier alpha value is -0.910. The molecular formula is C14H27N5. The summed E-state index contributed by atoms with van der Waals surface area (Å²) in [6.07, 6.45) is 6.66. The fourth-order valence-corrected chi connectivity index (χ4v) is 2.98. The van der Waals surface area contributed by atoms with Crippen molar-refractivity contribution in [3.8, 4) is 0 Å². The Kier molecular flexibility index (Phi) is 5.36. The van der Waals surface area contributed by atoms with E-state index in [9.17, 15) is 0 Å². The number of hydrogen-bond acceptors (Lipinski definition) is 4. The van der Waals surface area contributed by atoms with Crippen LogP contribution in [0.15, 0.2) is 12.5 Å². The third-order valence-corrected chi connectivity index (χ3v) is 3.93. The maximum Gasteiger partial charge on any atom is 0.0950 e. The highest BCUT2D eigenvalue weighted by atomic mass is 15.2. The van der Waals surface area contributed by atoms with Gasteiger partial charge >= 0.3 is 0 Å². The maximum absolute atomic E-state index is 5.55. The average molecular weight is 265 g/mol. The lowest BCUT2D eigenvalue weighted by atomic mass is 10.2. The maximum atomic E-state index is 5.55. The standard InChI is InChI=1S/C14H27N5/c1-3-19-7-4-5-14(19)11-17(2)9-13-10-18(8-6-15)12-16-13/h10,12,14H,3-9,11,15H2,1-2H3. The summed E-state index contributed by atoms with van der Waals surface area (Å²) in [7, 11) is 2.19. The fraction of sp³-hybridized carbons (Fsp3) is 0.786. The Bertz CT molecular complexity index is 376. The van der Waals surface area contributed by atoms with Crippen molar-refractivity contribution in [1.29, 1.82) is 0 Å². The number of likely N-dealkylation sites (N-methyl/N-ethyl adjacent to an activating group) is 2. The van der Waals surface area contributed by atoms with Crippen molar-refractivity contribution in [2.75, 3.05) is 33.2 Å². The molecule has 5 heteroatoms. The van der Waals surface area contributed by atoms with Crippen molar-refractivity contribution < 1.29 is 0 Å². The first-order valence-corrected chi connectivity index (χ1v) is 7.36. The lowest BCUT2D eigenvalue weighted by Crippen LogP contribution is -2.38. The Balaban J connectivity index is 1.81. The molecule has 19 heavy (non-hydrogen) atoms. The van der Waals surface area contributed by atoms with Crippen LogP contribution in [0, 0.1) is 0 Å². The van der Waals surface area contributed by atoms with Crippen molar-refractivity contribution in [2.24, 2.45) is 5.73 Å². The van der Waals surface area contributed by atoms with Crippen LogP contribution in [-0.4, -0.2) is 58.6 Å². The molecule has 1 saturated heterocycles. The van der Waals surface area contributed by atoms with Gasteiger partial charge in [-0.25, -0.2) is 4.98 Å². The molecule has 0 saturated carbocycles. The van der Waals surface area contributed by atoms with Gasteiger partial charge < -0.3 is 10.3 Å². The minimum Gasteiger partial charge on any atom is -0.336 e. The van der Waals surface area contributed by atoms with E-state index in [-0.39, 0.29) is 0 Å². The van der Waals surface area contributed by atoms with Crippen molar-refractivity contribution in [2.45, 2.75) is 38.9 Å². The summed E-state index contributed by atoms with van der Waals surface area (Å²) in [4.78, 5) is 9.41. The van der Waals surface area contributed by atoms with Gasteiger partial charge in [0, 0.05) is 38.4 Å². The van der Waals surface area contributed by atoms with E-state index < -0.39 is 0 Å². The molecule has 1 fully saturated rings. The van der Waals surface area contributed by atoms with Crippen molar-refractivity contribution in [1.82, 2.24) is 19.4 Å². The molecule has 1 unspecified atom stereocenters. The highest BCUT2D eigenvalue weighted by Gasteiger charge is 2.24. The third-order valence-electron chi connectivity index (χ3n) is 3.93. The number of rotatable bonds is 7. The van der Waals surface area contributed by atoms with Gasteiger partial charge in [-0.3, -0.25) is 9.80 Å². The van der Waals surface area contributed by atoms with E-state index >= 15 is 0 Å². The van der Waals surface area contributed by atoms with Crippen LogP contribution in [0.4, 0.5) is 0 Å². The average Bonchev–Trinajstić information content (AvgIpc) is 2.99. The molecule has 0 bridgehead atoms. The molecule has 2 rings (SSSR count). The van der Waals surface area contributed by atoms with E-state index in [2.05, 4.69) is 39.5 Å². The molecule has 1 aliphatic heterocycles. The smallest absolute Gasteiger partial charge is 0.0950 e. The Morgan fingerprint density at radius 2 is 2.37 bits per heavy atom. The molecule has 1 aromatic heterocycles. The third kappa shape index (κ3) is 4.03. The minimum atomic E-state index is 0.666. The summed E-state index contributed by atoms with van der Waals surface area (Å²) < 4.78 is 2.07. The number of nitrogens with zero attached hydrogens (tertiary/aromatic N) is 4. The van der Waals surface area contributed by atoms with Crippen LogP contribution in [0.3, 0.4) is 0 Å². The van der Waals surface area contributed by atoms with E-state index in [1.807, 2.05) is 6.33 Å². The quantitative estimate of drug-likeness (QED) is 0.791. The number of nitrogens with two attached hydrogens (primary N) is 1. The van der Waals surface area contributed by atoms with Crippen LogP contribution >= 0.6 is 0 Å². The molecule has 108 valence electrons. The molecule has 0 aliphatic carbocycles. The van der Waals surface area contributed by atoms with Gasteiger partial charge in [-0.15, -0.1) is 0 Å². The molecule has 1 aliphatic rings. The van der Waals surface area contributed by atoms with Crippen LogP contribution < -0.4 is 5.73 Å². The predicted octanol–water partition coefficient (Wildman–Crippen LogP) is 0.758. The topological polar surface area (TPSA) is 50.3 Å². The number of imidazole rings is 1. The molecule has 0 spiro atoms. The first-order chi connectivity index (χ1) is 9.22. The normalized spacial score (nSPS) is 20.5. The monoisotopic (exact) mass is 265 g/mol. The zero-order valence-corrected chi connectivity index (χ0v) is 12.3. The van der Waals surface area contributed by atoms with Gasteiger partial charge in [0.05, 0.1) is 12.0 Å². The van der Waals surface area contributed by atoms with Crippen LogP contribution in [0.5, 0.6) is 0 Å². The second-order valence-corrected chi connectivity index (χ2v) is 5.51. The Morgan fingerprint density at radius 1 is 1.53 bits per heavy atom. The lowest BCUT2D eigenvalue weighted by molar-refractivity contribution is 0.194. The molecule has 5 nitrogen and oxygen atoms in total. The van der Waals surface area contributed by atoms with Crippen LogP contribution in [0.2, 0.25) is 0 Å². The molecular weight excluding hydrogens is 238 g/mol. The van der Waals surface area contributed by atoms with Gasteiger partial charge in [0.1, 0.15) is 0 Å². The first kappa shape index (κ1) is 14.5. The van der Waals surface area contributed by atoms with Gasteiger partial charge in [0.2, 0.25) is 0 Å². The highest BCUT2D eigenvalue weighted by molar-refractivity contribution is 4.97. The Morgan fingerprint density at radius 3 is 3.11 bits per heavy atom. The predicted molar refractivity (Wildman–Crippen MR) is 77.9 cm³/mol. The Labute approximate surface area is 116 Å². The molecule has 0 radical (unpaired) electrons. The van der Waals surface area contributed by atoms with E-state index in [0.29, 0.717) is 6.54 Å². The largest absolute Gasteiger partial charge is 0.336 e. The van der Waals surface area contributed by atoms with Gasteiger partial charge in [0.25, 0.3) is 0 Å². The zero-order chi connectivity index (χ0) is 13.7. The SMILES string of the molecule is CCN1CCCC1CN(C)Cc1cn(CCN)cn1. The summed E-state index contributed by atoms with van der Waals surface area (Å²) in [5.74, 6) is 0. The summed E-state index contributed by atoms with van der Waals surface area (Å²) in [6.45, 7) is 8.27. The molecule has 2 N–H and O–H groups in total. The van der Waals surface area contributed by atoms with Crippen LogP contribution in [0.25, 0.3) is 0 Å². The minimum absolute atomic E-state index is 0.666. The molecule has 1 atom stereocenters. The highest BCUT2D eigenvalue weighted by Crippen LogP contribution is 2.17. The number of aromatic nitrogens is 2. The summed E-state index contributed by atoms with van der Waals surface area (Å²) >= 11 is 0. The van der Waals surface area contributed by atoms with E-state index in [1.54, 1.807) is 0 Å². The van der Waals surface area contributed by atoms with Crippen LogP contribution in [0.1, 0.15) is 25.5 Å². The first-order valence-electron chi connectivity index (χ1n) is 7.36. The molecule has 0 amide bonds. The second-order valence-electron chi connectivity index (χ2n) is 5.51. The lowest BCUT2D eigenvalue weighted by Gasteiger charge is -2.27. The van der Waals surface area contributed by atoms with Gasteiger partial charge in [-0.2, -0.15) is 0 Å². The molecule has 1 aromatic rings. The van der Waals surface area contributed by atoms with E-state index in [4.69, 9.17) is 5.73 Å². The second kappa shape index (κ2) is 7.03. The van der Waals surface area contributed by atoms with Crippen molar-refractivity contribution in [3.63, 3.8) is 0 Å². The molecule has 0 aromatic carbocycles. The summed E-state index contributed by atoms with van der Waals surface area (Å²) in [5, 5.41) is 0. The number of likely N-dealkylation sites (tertiary alicyclic amines) is 1. The van der Waals surface area contributed by atoms with Crippen molar-refractivity contribution >= 4 is 0 Å². The summed E-state index contributed by atoms with van der Waals surface area (Å²) in [5.41, 5.74) is 6.68. The van der Waals surface area contributed by atoms with Gasteiger partial charge in [-0.05, 0) is 33.0 Å². The fourth-order valence-electron chi connectivity index (χ4n) is 2.98. The van der Waals surface area contributed by atoms with Gasteiger partial charge in [0.15, 0.2) is 0 Å².